The van der Waals surface area contributed by atoms with Gasteiger partial charge in [0.15, 0.2) is 0 Å². The fourth-order valence-corrected chi connectivity index (χ4v) is 2.23. The average molecular weight is 269 g/mol. The second-order valence-electron chi connectivity index (χ2n) is 4.89. The minimum absolute atomic E-state index is 0.304. The van der Waals surface area contributed by atoms with Gasteiger partial charge in [-0.05, 0) is 17.7 Å². The van der Waals surface area contributed by atoms with Crippen LogP contribution in [-0.2, 0) is 9.47 Å². The predicted octanol–water partition coefficient (Wildman–Crippen LogP) is 1.25. The van der Waals surface area contributed by atoms with E-state index in [1.54, 1.807) is 19.2 Å². The number of hydrogen-bond acceptors (Lipinski definition) is 4. The van der Waals surface area contributed by atoms with E-state index in [4.69, 9.17) is 9.47 Å². The Bertz CT molecular complexity index is 407. The number of aliphatic hydroxyl groups excluding tert-OH is 1. The van der Waals surface area contributed by atoms with E-state index in [0.29, 0.717) is 31.9 Å². The Balaban J connectivity index is 1.82. The number of aliphatic hydroxyl groups is 1. The molecule has 1 aliphatic rings. The van der Waals surface area contributed by atoms with E-state index in [1.807, 2.05) is 0 Å². The Hall–Kier alpha value is -1.01. The van der Waals surface area contributed by atoms with Crippen molar-refractivity contribution >= 4 is 0 Å². The SMILES string of the molecule is COC1(CNCC(O)c2cccc(F)c2)CCOC1. The molecule has 0 amide bonds. The Morgan fingerprint density at radius 2 is 2.42 bits per heavy atom. The van der Waals surface area contributed by atoms with E-state index in [9.17, 15) is 9.50 Å². The first-order chi connectivity index (χ1) is 9.15. The van der Waals surface area contributed by atoms with E-state index in [2.05, 4.69) is 5.32 Å². The van der Waals surface area contributed by atoms with Crippen molar-refractivity contribution in [3.05, 3.63) is 35.6 Å². The van der Waals surface area contributed by atoms with Gasteiger partial charge in [0.05, 0.1) is 12.7 Å². The molecule has 1 heterocycles. The topological polar surface area (TPSA) is 50.7 Å². The number of methoxy groups -OCH3 is 1. The molecule has 0 saturated carbocycles. The highest BCUT2D eigenvalue weighted by Gasteiger charge is 2.34. The van der Waals surface area contributed by atoms with Gasteiger partial charge in [0.1, 0.15) is 11.4 Å². The molecule has 0 radical (unpaired) electrons. The first-order valence-electron chi connectivity index (χ1n) is 6.42. The van der Waals surface area contributed by atoms with Crippen molar-refractivity contribution in [3.63, 3.8) is 0 Å². The quantitative estimate of drug-likeness (QED) is 0.816. The van der Waals surface area contributed by atoms with Crippen LogP contribution in [0.3, 0.4) is 0 Å². The van der Waals surface area contributed by atoms with Gasteiger partial charge in [-0.1, -0.05) is 12.1 Å². The minimum Gasteiger partial charge on any atom is -0.387 e. The molecule has 4 nitrogen and oxygen atoms in total. The molecule has 1 aromatic carbocycles. The lowest BCUT2D eigenvalue weighted by molar-refractivity contribution is -0.0173. The number of rotatable bonds is 6. The highest BCUT2D eigenvalue weighted by molar-refractivity contribution is 5.18. The molecule has 106 valence electrons. The number of halogens is 1. The second kappa shape index (κ2) is 6.43. The molecule has 2 N–H and O–H groups in total. The van der Waals surface area contributed by atoms with Gasteiger partial charge < -0.3 is 19.9 Å². The Labute approximate surface area is 112 Å². The van der Waals surface area contributed by atoms with Crippen LogP contribution in [0.25, 0.3) is 0 Å². The first kappa shape index (κ1) is 14.4. The third-order valence-electron chi connectivity index (χ3n) is 3.52. The maximum Gasteiger partial charge on any atom is 0.123 e. The van der Waals surface area contributed by atoms with Crippen molar-refractivity contribution in [2.75, 3.05) is 33.4 Å². The zero-order chi connectivity index (χ0) is 13.7. The lowest BCUT2D eigenvalue weighted by Gasteiger charge is -2.26. The molecule has 0 spiro atoms. The summed E-state index contributed by atoms with van der Waals surface area (Å²) in [5.74, 6) is -0.339. The van der Waals surface area contributed by atoms with Crippen LogP contribution in [0.1, 0.15) is 18.1 Å². The monoisotopic (exact) mass is 269 g/mol. The van der Waals surface area contributed by atoms with Crippen molar-refractivity contribution in [1.29, 1.82) is 0 Å². The first-order valence-corrected chi connectivity index (χ1v) is 6.42. The van der Waals surface area contributed by atoms with Crippen LogP contribution < -0.4 is 5.32 Å². The summed E-state index contributed by atoms with van der Waals surface area (Å²) >= 11 is 0. The normalized spacial score (nSPS) is 24.6. The Morgan fingerprint density at radius 3 is 3.05 bits per heavy atom. The van der Waals surface area contributed by atoms with Gasteiger partial charge in [0.2, 0.25) is 0 Å². The minimum atomic E-state index is -0.730. The lowest BCUT2D eigenvalue weighted by Crippen LogP contribution is -2.44. The van der Waals surface area contributed by atoms with Crippen molar-refractivity contribution in [1.82, 2.24) is 5.32 Å². The summed E-state index contributed by atoms with van der Waals surface area (Å²) in [6.07, 6.45) is 0.110. The van der Waals surface area contributed by atoms with Gasteiger partial charge in [-0.2, -0.15) is 0 Å². The van der Waals surface area contributed by atoms with Crippen LogP contribution in [0, 0.1) is 5.82 Å². The zero-order valence-electron chi connectivity index (χ0n) is 11.1. The number of benzene rings is 1. The summed E-state index contributed by atoms with van der Waals surface area (Å²) in [7, 11) is 1.67. The summed E-state index contributed by atoms with van der Waals surface area (Å²) in [6.45, 7) is 2.22. The molecule has 1 aliphatic heterocycles. The van der Waals surface area contributed by atoms with E-state index in [0.717, 1.165) is 6.42 Å². The van der Waals surface area contributed by atoms with Crippen molar-refractivity contribution < 1.29 is 19.0 Å². The van der Waals surface area contributed by atoms with Gasteiger partial charge in [0.25, 0.3) is 0 Å². The molecule has 1 saturated heterocycles. The molecule has 1 aromatic rings. The van der Waals surface area contributed by atoms with Crippen LogP contribution in [0.5, 0.6) is 0 Å². The van der Waals surface area contributed by atoms with Crippen LogP contribution in [0.15, 0.2) is 24.3 Å². The van der Waals surface area contributed by atoms with Crippen LogP contribution in [-0.4, -0.2) is 44.1 Å². The molecule has 19 heavy (non-hydrogen) atoms. The standard InChI is InChI=1S/C14H20FNO3/c1-18-14(5-6-19-10-14)9-16-8-13(17)11-3-2-4-12(15)7-11/h2-4,7,13,16-17H,5-6,8-10H2,1H3. The molecular formula is C14H20FNO3. The van der Waals surface area contributed by atoms with Crippen LogP contribution in [0.2, 0.25) is 0 Å². The second-order valence-corrected chi connectivity index (χ2v) is 4.89. The molecule has 2 atom stereocenters. The molecule has 5 heteroatoms. The van der Waals surface area contributed by atoms with Crippen molar-refractivity contribution in [2.24, 2.45) is 0 Å². The van der Waals surface area contributed by atoms with Crippen molar-refractivity contribution in [2.45, 2.75) is 18.1 Å². The summed E-state index contributed by atoms with van der Waals surface area (Å²) in [6, 6.07) is 6.01. The summed E-state index contributed by atoms with van der Waals surface area (Å²) in [5, 5.41) is 13.1. The van der Waals surface area contributed by atoms with Gasteiger partial charge in [-0.25, -0.2) is 4.39 Å². The molecule has 0 aliphatic carbocycles. The highest BCUT2D eigenvalue weighted by Crippen LogP contribution is 2.21. The lowest BCUT2D eigenvalue weighted by atomic mass is 10.0. The molecular weight excluding hydrogens is 249 g/mol. The third-order valence-corrected chi connectivity index (χ3v) is 3.52. The molecule has 2 unspecified atom stereocenters. The van der Waals surface area contributed by atoms with E-state index < -0.39 is 6.10 Å². The smallest absolute Gasteiger partial charge is 0.123 e. The number of nitrogens with one attached hydrogen (secondary N) is 1. The largest absolute Gasteiger partial charge is 0.387 e. The van der Waals surface area contributed by atoms with Crippen LogP contribution in [0.4, 0.5) is 4.39 Å². The molecule has 1 fully saturated rings. The molecule has 0 bridgehead atoms. The fourth-order valence-electron chi connectivity index (χ4n) is 2.23. The summed E-state index contributed by atoms with van der Waals surface area (Å²) < 4.78 is 23.9. The summed E-state index contributed by atoms with van der Waals surface area (Å²) in [5.41, 5.74) is 0.267. The average Bonchev–Trinajstić information content (AvgIpc) is 2.88. The fraction of sp³-hybridized carbons (Fsp3) is 0.571. The van der Waals surface area contributed by atoms with Crippen molar-refractivity contribution in [3.8, 4) is 0 Å². The van der Waals surface area contributed by atoms with Crippen LogP contribution >= 0.6 is 0 Å². The Morgan fingerprint density at radius 1 is 1.58 bits per heavy atom. The van der Waals surface area contributed by atoms with E-state index in [1.165, 1.54) is 12.1 Å². The van der Waals surface area contributed by atoms with Gasteiger partial charge >= 0.3 is 0 Å². The van der Waals surface area contributed by atoms with E-state index >= 15 is 0 Å². The third kappa shape index (κ3) is 3.73. The number of ether oxygens (including phenoxy) is 2. The number of hydrogen-bond donors (Lipinski definition) is 2. The predicted molar refractivity (Wildman–Crippen MR) is 69.4 cm³/mol. The van der Waals surface area contributed by atoms with E-state index in [-0.39, 0.29) is 11.4 Å². The maximum atomic E-state index is 13.0. The van der Waals surface area contributed by atoms with Gasteiger partial charge in [-0.3, -0.25) is 0 Å². The van der Waals surface area contributed by atoms with Gasteiger partial charge in [0, 0.05) is 33.2 Å². The highest BCUT2D eigenvalue weighted by atomic mass is 19.1. The Kier molecular flexibility index (Phi) is 4.87. The molecule has 0 aromatic heterocycles. The van der Waals surface area contributed by atoms with Gasteiger partial charge in [-0.15, -0.1) is 0 Å². The zero-order valence-corrected chi connectivity index (χ0v) is 11.1. The summed E-state index contributed by atoms with van der Waals surface area (Å²) in [4.78, 5) is 0. The maximum absolute atomic E-state index is 13.0. The molecule has 2 rings (SSSR count).